The lowest BCUT2D eigenvalue weighted by Crippen LogP contribution is -2.46. The van der Waals surface area contributed by atoms with E-state index in [9.17, 15) is 13.2 Å². The Morgan fingerprint density at radius 3 is 2.50 bits per heavy atom. The Labute approximate surface area is 106 Å². The standard InChI is InChI=1S/C12H21F3N2O/c13-12(14,15)9-17-7-1-2-11(8-17)18-10-3-5-16-6-4-10/h10-11,16H,1-9H2. The highest BCUT2D eigenvalue weighted by atomic mass is 19.4. The van der Waals surface area contributed by atoms with Crippen LogP contribution in [0.4, 0.5) is 13.2 Å². The molecule has 0 bridgehead atoms. The van der Waals surface area contributed by atoms with Gasteiger partial charge in [-0.15, -0.1) is 0 Å². The summed E-state index contributed by atoms with van der Waals surface area (Å²) < 4.78 is 42.9. The fourth-order valence-electron chi connectivity index (χ4n) is 2.73. The van der Waals surface area contributed by atoms with Crippen molar-refractivity contribution in [2.24, 2.45) is 0 Å². The number of likely N-dealkylation sites (tertiary alicyclic amines) is 1. The number of rotatable bonds is 3. The molecule has 0 spiro atoms. The third-order valence-corrected chi connectivity index (χ3v) is 3.54. The second-order valence-corrected chi connectivity index (χ2v) is 5.20. The van der Waals surface area contributed by atoms with Crippen molar-refractivity contribution >= 4 is 0 Å². The molecule has 2 heterocycles. The van der Waals surface area contributed by atoms with E-state index in [1.807, 2.05) is 0 Å². The first kappa shape index (κ1) is 14.1. The highest BCUT2D eigenvalue weighted by molar-refractivity contribution is 4.78. The number of nitrogens with one attached hydrogen (secondary N) is 1. The van der Waals surface area contributed by atoms with E-state index in [-0.39, 0.29) is 12.2 Å². The predicted octanol–water partition coefficient (Wildman–Crippen LogP) is 1.78. The zero-order valence-corrected chi connectivity index (χ0v) is 10.5. The van der Waals surface area contributed by atoms with Crippen LogP contribution in [0.15, 0.2) is 0 Å². The van der Waals surface area contributed by atoms with Gasteiger partial charge in [0.1, 0.15) is 0 Å². The first-order chi connectivity index (χ1) is 8.53. The van der Waals surface area contributed by atoms with Gasteiger partial charge in [0.05, 0.1) is 18.8 Å². The van der Waals surface area contributed by atoms with E-state index in [4.69, 9.17) is 4.74 Å². The molecule has 0 aromatic rings. The molecular formula is C12H21F3N2O. The van der Waals surface area contributed by atoms with Crippen molar-refractivity contribution in [3.05, 3.63) is 0 Å². The molecule has 1 N–H and O–H groups in total. The molecule has 6 heteroatoms. The van der Waals surface area contributed by atoms with Gasteiger partial charge in [0, 0.05) is 6.54 Å². The molecule has 0 saturated carbocycles. The average Bonchev–Trinajstić information content (AvgIpc) is 2.28. The van der Waals surface area contributed by atoms with Gasteiger partial charge in [-0.25, -0.2) is 0 Å². The van der Waals surface area contributed by atoms with Gasteiger partial charge in [0.15, 0.2) is 0 Å². The smallest absolute Gasteiger partial charge is 0.374 e. The second-order valence-electron chi connectivity index (χ2n) is 5.20. The highest BCUT2D eigenvalue weighted by Gasteiger charge is 2.33. The van der Waals surface area contributed by atoms with Gasteiger partial charge in [0.25, 0.3) is 0 Å². The van der Waals surface area contributed by atoms with Gasteiger partial charge < -0.3 is 10.1 Å². The van der Waals surface area contributed by atoms with Gasteiger partial charge in [0.2, 0.25) is 0 Å². The Kier molecular flexibility index (Phi) is 4.86. The van der Waals surface area contributed by atoms with Crippen LogP contribution in [0.3, 0.4) is 0 Å². The van der Waals surface area contributed by atoms with Crippen LogP contribution in [0.2, 0.25) is 0 Å². The van der Waals surface area contributed by atoms with Crippen LogP contribution in [-0.4, -0.2) is 56.0 Å². The topological polar surface area (TPSA) is 24.5 Å². The lowest BCUT2D eigenvalue weighted by Gasteiger charge is -2.36. The predicted molar refractivity (Wildman–Crippen MR) is 62.5 cm³/mol. The van der Waals surface area contributed by atoms with E-state index in [1.165, 1.54) is 4.90 Å². The molecule has 0 amide bonds. The van der Waals surface area contributed by atoms with Crippen LogP contribution in [-0.2, 0) is 4.74 Å². The molecule has 2 rings (SSSR count). The van der Waals surface area contributed by atoms with Gasteiger partial charge in [-0.2, -0.15) is 13.2 Å². The molecule has 3 nitrogen and oxygen atoms in total. The first-order valence-corrected chi connectivity index (χ1v) is 6.68. The van der Waals surface area contributed by atoms with Gasteiger partial charge in [-0.3, -0.25) is 4.90 Å². The molecule has 0 aromatic heterocycles. The molecule has 0 radical (unpaired) electrons. The number of piperidine rings is 2. The Morgan fingerprint density at radius 2 is 1.83 bits per heavy atom. The summed E-state index contributed by atoms with van der Waals surface area (Å²) in [5.41, 5.74) is 0. The molecule has 1 unspecified atom stereocenters. The summed E-state index contributed by atoms with van der Waals surface area (Å²) in [5.74, 6) is 0. The SMILES string of the molecule is FC(F)(F)CN1CCCC(OC2CCNCC2)C1. The minimum absolute atomic E-state index is 0.0239. The van der Waals surface area contributed by atoms with Crippen LogP contribution in [0.25, 0.3) is 0 Å². The molecule has 0 aromatic carbocycles. The Bertz CT molecular complexity index is 254. The Balaban J connectivity index is 1.75. The quantitative estimate of drug-likeness (QED) is 0.842. The van der Waals surface area contributed by atoms with Crippen molar-refractivity contribution in [2.45, 2.75) is 44.1 Å². The Morgan fingerprint density at radius 1 is 1.11 bits per heavy atom. The van der Waals surface area contributed by atoms with Crippen LogP contribution in [0, 0.1) is 0 Å². The minimum atomic E-state index is -4.10. The molecule has 106 valence electrons. The number of hydrogen-bond acceptors (Lipinski definition) is 3. The number of halogens is 3. The molecule has 2 saturated heterocycles. The van der Waals surface area contributed by atoms with Crippen molar-refractivity contribution in [3.8, 4) is 0 Å². The number of nitrogens with zero attached hydrogens (tertiary/aromatic N) is 1. The summed E-state index contributed by atoms with van der Waals surface area (Å²) in [4.78, 5) is 1.47. The van der Waals surface area contributed by atoms with Crippen LogP contribution < -0.4 is 5.32 Å². The highest BCUT2D eigenvalue weighted by Crippen LogP contribution is 2.22. The summed E-state index contributed by atoms with van der Waals surface area (Å²) in [7, 11) is 0. The zero-order chi connectivity index (χ0) is 13.0. The monoisotopic (exact) mass is 266 g/mol. The number of alkyl halides is 3. The fraction of sp³-hybridized carbons (Fsp3) is 1.00. The molecule has 2 fully saturated rings. The molecular weight excluding hydrogens is 245 g/mol. The van der Waals surface area contributed by atoms with Crippen molar-refractivity contribution in [3.63, 3.8) is 0 Å². The molecule has 2 aliphatic heterocycles. The maximum atomic E-state index is 12.3. The van der Waals surface area contributed by atoms with E-state index in [1.54, 1.807) is 0 Å². The number of ether oxygens (including phenoxy) is 1. The summed E-state index contributed by atoms with van der Waals surface area (Å²) in [6.07, 6.45) is -0.280. The van der Waals surface area contributed by atoms with Gasteiger partial charge in [-0.1, -0.05) is 0 Å². The molecule has 0 aliphatic carbocycles. The summed E-state index contributed by atoms with van der Waals surface area (Å²) in [5, 5.41) is 3.25. The zero-order valence-electron chi connectivity index (χ0n) is 10.5. The lowest BCUT2D eigenvalue weighted by molar-refractivity contribution is -0.156. The Hall–Kier alpha value is -0.330. The molecule has 1 atom stereocenters. The summed E-state index contributed by atoms with van der Waals surface area (Å²) >= 11 is 0. The first-order valence-electron chi connectivity index (χ1n) is 6.68. The van der Waals surface area contributed by atoms with Gasteiger partial charge >= 0.3 is 6.18 Å². The third-order valence-electron chi connectivity index (χ3n) is 3.54. The van der Waals surface area contributed by atoms with Crippen molar-refractivity contribution in [2.75, 3.05) is 32.7 Å². The van der Waals surface area contributed by atoms with E-state index < -0.39 is 12.7 Å². The minimum Gasteiger partial charge on any atom is -0.374 e. The second kappa shape index (κ2) is 6.21. The normalized spacial score (nSPS) is 28.5. The maximum Gasteiger partial charge on any atom is 0.401 e. The fourth-order valence-corrected chi connectivity index (χ4v) is 2.73. The number of hydrogen-bond donors (Lipinski definition) is 1. The lowest BCUT2D eigenvalue weighted by atomic mass is 10.1. The summed E-state index contributed by atoms with van der Waals surface area (Å²) in [6, 6.07) is 0. The molecule has 18 heavy (non-hydrogen) atoms. The van der Waals surface area contributed by atoms with Crippen LogP contribution in [0.1, 0.15) is 25.7 Å². The maximum absolute atomic E-state index is 12.3. The van der Waals surface area contributed by atoms with E-state index in [2.05, 4.69) is 5.32 Å². The average molecular weight is 266 g/mol. The van der Waals surface area contributed by atoms with Gasteiger partial charge in [-0.05, 0) is 45.3 Å². The van der Waals surface area contributed by atoms with Crippen LogP contribution in [0.5, 0.6) is 0 Å². The van der Waals surface area contributed by atoms with Crippen molar-refractivity contribution in [1.29, 1.82) is 0 Å². The van der Waals surface area contributed by atoms with Crippen LogP contribution >= 0.6 is 0 Å². The van der Waals surface area contributed by atoms with E-state index in [0.717, 1.165) is 38.8 Å². The van der Waals surface area contributed by atoms with Crippen molar-refractivity contribution < 1.29 is 17.9 Å². The van der Waals surface area contributed by atoms with E-state index in [0.29, 0.717) is 13.1 Å². The van der Waals surface area contributed by atoms with E-state index >= 15 is 0 Å². The van der Waals surface area contributed by atoms with Crippen molar-refractivity contribution in [1.82, 2.24) is 10.2 Å². The largest absolute Gasteiger partial charge is 0.401 e. The summed E-state index contributed by atoms with van der Waals surface area (Å²) in [6.45, 7) is 2.04. The molecule has 2 aliphatic rings. The third kappa shape index (κ3) is 4.74.